The summed E-state index contributed by atoms with van der Waals surface area (Å²) in [7, 11) is 0. The van der Waals surface area contributed by atoms with Crippen LogP contribution in [0, 0.1) is 5.92 Å². The molecule has 0 aromatic carbocycles. The van der Waals surface area contributed by atoms with Gasteiger partial charge in [0.2, 0.25) is 5.91 Å². The standard InChI is InChI=1S/C14H23N3O4/c18-12(17-7-1-2-8-17)5-6-15-14(21)16-11-4-3-10(9-11)13(19)20/h10-11H,1-9H2,(H,19,20)(H2,15,16,21)/t10-,11+/m1/s1. The Labute approximate surface area is 124 Å². The molecule has 118 valence electrons. The molecule has 21 heavy (non-hydrogen) atoms. The lowest BCUT2D eigenvalue weighted by molar-refractivity contribution is -0.141. The monoisotopic (exact) mass is 297 g/mol. The Morgan fingerprint density at radius 3 is 2.48 bits per heavy atom. The van der Waals surface area contributed by atoms with Crippen LogP contribution in [0.25, 0.3) is 0 Å². The van der Waals surface area contributed by atoms with Crippen molar-refractivity contribution in [2.45, 2.75) is 44.6 Å². The van der Waals surface area contributed by atoms with Crippen LogP contribution in [0.15, 0.2) is 0 Å². The summed E-state index contributed by atoms with van der Waals surface area (Å²) in [5.41, 5.74) is 0. The molecule has 3 amide bonds. The molecular formula is C14H23N3O4. The van der Waals surface area contributed by atoms with Gasteiger partial charge < -0.3 is 20.6 Å². The van der Waals surface area contributed by atoms with Crippen LogP contribution in [-0.2, 0) is 9.59 Å². The third-order valence-corrected chi connectivity index (χ3v) is 4.20. The summed E-state index contributed by atoms with van der Waals surface area (Å²) in [5.74, 6) is -1.07. The highest BCUT2D eigenvalue weighted by Gasteiger charge is 2.30. The zero-order valence-electron chi connectivity index (χ0n) is 12.1. The Morgan fingerprint density at radius 1 is 1.14 bits per heavy atom. The molecule has 0 aromatic heterocycles. The number of urea groups is 1. The number of hydrogen-bond donors (Lipinski definition) is 3. The highest BCUT2D eigenvalue weighted by Crippen LogP contribution is 2.25. The molecule has 0 unspecified atom stereocenters. The molecule has 2 rings (SSSR count). The van der Waals surface area contributed by atoms with E-state index in [0.717, 1.165) is 25.9 Å². The van der Waals surface area contributed by atoms with Crippen molar-refractivity contribution in [3.05, 3.63) is 0 Å². The number of carboxylic acids is 1. The van der Waals surface area contributed by atoms with Gasteiger partial charge in [-0.1, -0.05) is 0 Å². The van der Waals surface area contributed by atoms with Gasteiger partial charge >= 0.3 is 12.0 Å². The van der Waals surface area contributed by atoms with Gasteiger partial charge in [0.1, 0.15) is 0 Å². The van der Waals surface area contributed by atoms with Crippen LogP contribution in [-0.4, -0.2) is 53.6 Å². The minimum Gasteiger partial charge on any atom is -0.481 e. The lowest BCUT2D eigenvalue weighted by Gasteiger charge is -2.16. The predicted molar refractivity (Wildman–Crippen MR) is 75.7 cm³/mol. The third-order valence-electron chi connectivity index (χ3n) is 4.20. The zero-order valence-corrected chi connectivity index (χ0v) is 12.1. The Kier molecular flexibility index (Phi) is 5.41. The summed E-state index contributed by atoms with van der Waals surface area (Å²) in [4.78, 5) is 36.1. The molecule has 1 aliphatic heterocycles. The maximum Gasteiger partial charge on any atom is 0.315 e. The number of aliphatic carboxylic acids is 1. The van der Waals surface area contributed by atoms with Gasteiger partial charge in [0.25, 0.3) is 0 Å². The number of carbonyl (C=O) groups is 3. The number of nitrogens with zero attached hydrogens (tertiary/aromatic N) is 1. The van der Waals surface area contributed by atoms with E-state index in [-0.39, 0.29) is 23.9 Å². The smallest absolute Gasteiger partial charge is 0.315 e. The fourth-order valence-electron chi connectivity index (χ4n) is 2.98. The van der Waals surface area contributed by atoms with E-state index < -0.39 is 5.97 Å². The fourth-order valence-corrected chi connectivity index (χ4v) is 2.98. The van der Waals surface area contributed by atoms with Crippen molar-refractivity contribution in [3.8, 4) is 0 Å². The van der Waals surface area contributed by atoms with Crippen molar-refractivity contribution in [1.29, 1.82) is 0 Å². The van der Waals surface area contributed by atoms with Crippen LogP contribution in [0.5, 0.6) is 0 Å². The molecule has 2 fully saturated rings. The van der Waals surface area contributed by atoms with E-state index in [2.05, 4.69) is 10.6 Å². The molecule has 1 aliphatic carbocycles. The Hall–Kier alpha value is -1.79. The summed E-state index contributed by atoms with van der Waals surface area (Å²) in [6.07, 6.45) is 4.22. The minimum absolute atomic E-state index is 0.0830. The second kappa shape index (κ2) is 7.28. The fraction of sp³-hybridized carbons (Fsp3) is 0.786. The van der Waals surface area contributed by atoms with E-state index in [4.69, 9.17) is 5.11 Å². The van der Waals surface area contributed by atoms with Crippen molar-refractivity contribution in [2.24, 2.45) is 5.92 Å². The maximum atomic E-state index is 11.8. The predicted octanol–water partition coefficient (Wildman–Crippen LogP) is 0.551. The molecule has 0 radical (unpaired) electrons. The second-order valence-corrected chi connectivity index (χ2v) is 5.78. The maximum absolute atomic E-state index is 11.8. The van der Waals surface area contributed by atoms with Crippen LogP contribution in [0.2, 0.25) is 0 Å². The molecule has 2 aliphatic rings. The first-order chi connectivity index (χ1) is 10.1. The molecule has 7 heteroatoms. The minimum atomic E-state index is -0.795. The lowest BCUT2D eigenvalue weighted by Crippen LogP contribution is -2.42. The van der Waals surface area contributed by atoms with Crippen molar-refractivity contribution >= 4 is 17.9 Å². The first-order valence-corrected chi connectivity index (χ1v) is 7.61. The molecule has 0 spiro atoms. The Bertz CT molecular complexity index is 407. The molecule has 1 saturated heterocycles. The molecule has 1 saturated carbocycles. The van der Waals surface area contributed by atoms with Gasteiger partial charge in [-0.05, 0) is 32.1 Å². The summed E-state index contributed by atoms with van der Waals surface area (Å²) in [6, 6.07) is -0.402. The summed E-state index contributed by atoms with van der Waals surface area (Å²) in [6.45, 7) is 1.96. The van der Waals surface area contributed by atoms with Gasteiger partial charge in [-0.3, -0.25) is 9.59 Å². The van der Waals surface area contributed by atoms with Gasteiger partial charge in [0, 0.05) is 32.1 Å². The first kappa shape index (κ1) is 15.6. The second-order valence-electron chi connectivity index (χ2n) is 5.78. The van der Waals surface area contributed by atoms with E-state index in [1.807, 2.05) is 4.90 Å². The Morgan fingerprint density at radius 2 is 1.86 bits per heavy atom. The number of rotatable bonds is 5. The first-order valence-electron chi connectivity index (χ1n) is 7.61. The van der Waals surface area contributed by atoms with Gasteiger partial charge in [-0.2, -0.15) is 0 Å². The van der Waals surface area contributed by atoms with Crippen LogP contribution >= 0.6 is 0 Å². The van der Waals surface area contributed by atoms with Crippen molar-refractivity contribution in [1.82, 2.24) is 15.5 Å². The molecule has 0 aromatic rings. The molecule has 0 bridgehead atoms. The Balaban J connectivity index is 1.59. The number of carboxylic acid groups (broad SMARTS) is 1. The molecule has 3 N–H and O–H groups in total. The molecule has 2 atom stereocenters. The lowest BCUT2D eigenvalue weighted by atomic mass is 10.1. The van der Waals surface area contributed by atoms with Crippen molar-refractivity contribution < 1.29 is 19.5 Å². The van der Waals surface area contributed by atoms with E-state index in [0.29, 0.717) is 32.2 Å². The number of likely N-dealkylation sites (tertiary alicyclic amines) is 1. The van der Waals surface area contributed by atoms with Crippen LogP contribution in [0.3, 0.4) is 0 Å². The van der Waals surface area contributed by atoms with E-state index >= 15 is 0 Å². The van der Waals surface area contributed by atoms with Crippen LogP contribution in [0.4, 0.5) is 4.79 Å². The molecule has 1 heterocycles. The average molecular weight is 297 g/mol. The summed E-state index contributed by atoms with van der Waals surface area (Å²) >= 11 is 0. The average Bonchev–Trinajstić information content (AvgIpc) is 3.09. The SMILES string of the molecule is O=C(NCCC(=O)N1CCCC1)N[C@H]1CC[C@@H](C(=O)O)C1. The van der Waals surface area contributed by atoms with Gasteiger partial charge in [0.05, 0.1) is 5.92 Å². The highest BCUT2D eigenvalue weighted by molar-refractivity contribution is 5.78. The van der Waals surface area contributed by atoms with E-state index in [1.165, 1.54) is 0 Å². The molecular weight excluding hydrogens is 274 g/mol. The highest BCUT2D eigenvalue weighted by atomic mass is 16.4. The van der Waals surface area contributed by atoms with E-state index in [1.54, 1.807) is 0 Å². The number of carbonyl (C=O) groups excluding carboxylic acids is 2. The summed E-state index contributed by atoms with van der Waals surface area (Å²) < 4.78 is 0. The molecule has 7 nitrogen and oxygen atoms in total. The quantitative estimate of drug-likeness (QED) is 0.690. The van der Waals surface area contributed by atoms with E-state index in [9.17, 15) is 14.4 Å². The van der Waals surface area contributed by atoms with Crippen LogP contribution < -0.4 is 10.6 Å². The number of nitrogens with one attached hydrogen (secondary N) is 2. The summed E-state index contributed by atoms with van der Waals surface area (Å²) in [5, 5.41) is 14.3. The third kappa shape index (κ3) is 4.61. The number of hydrogen-bond acceptors (Lipinski definition) is 3. The van der Waals surface area contributed by atoms with Gasteiger partial charge in [-0.25, -0.2) is 4.79 Å². The van der Waals surface area contributed by atoms with Gasteiger partial charge in [-0.15, -0.1) is 0 Å². The van der Waals surface area contributed by atoms with Crippen molar-refractivity contribution in [2.75, 3.05) is 19.6 Å². The normalized spacial score (nSPS) is 24.9. The number of amides is 3. The van der Waals surface area contributed by atoms with Crippen LogP contribution in [0.1, 0.15) is 38.5 Å². The van der Waals surface area contributed by atoms with Gasteiger partial charge in [0.15, 0.2) is 0 Å². The largest absolute Gasteiger partial charge is 0.481 e. The zero-order chi connectivity index (χ0) is 15.2. The topological polar surface area (TPSA) is 98.7 Å². The van der Waals surface area contributed by atoms with Crippen molar-refractivity contribution in [3.63, 3.8) is 0 Å².